The topological polar surface area (TPSA) is 68.0 Å². The molecule has 0 saturated carbocycles. The Kier molecular flexibility index (Phi) is 5.66. The first-order valence-corrected chi connectivity index (χ1v) is 9.45. The summed E-state index contributed by atoms with van der Waals surface area (Å²) in [7, 11) is 0. The first-order chi connectivity index (χ1) is 11.7. The van der Waals surface area contributed by atoms with Gasteiger partial charge >= 0.3 is 0 Å². The summed E-state index contributed by atoms with van der Waals surface area (Å²) >= 11 is 3.15. The summed E-state index contributed by atoms with van der Waals surface area (Å²) in [4.78, 5) is 17.4. The second-order valence-electron chi connectivity index (χ2n) is 5.15. The molecule has 1 atom stereocenters. The maximum atomic E-state index is 12.2. The zero-order chi connectivity index (χ0) is 16.8. The van der Waals surface area contributed by atoms with Crippen molar-refractivity contribution in [3.63, 3.8) is 0 Å². The number of carbonyl (C=O) groups is 1. The van der Waals surface area contributed by atoms with Gasteiger partial charge in [0, 0.05) is 5.75 Å². The highest BCUT2D eigenvalue weighted by Gasteiger charge is 2.15. The molecule has 0 bridgehead atoms. The van der Waals surface area contributed by atoms with E-state index < -0.39 is 0 Å². The van der Waals surface area contributed by atoms with Crippen LogP contribution in [0.2, 0.25) is 0 Å². The first-order valence-electron chi connectivity index (χ1n) is 7.52. The molecule has 24 heavy (non-hydrogen) atoms. The normalized spacial score (nSPS) is 12.0. The third-order valence-corrected chi connectivity index (χ3v) is 5.42. The van der Waals surface area contributed by atoms with Crippen LogP contribution < -0.4 is 5.32 Å². The Hall–Kier alpha value is -2.12. The lowest BCUT2D eigenvalue weighted by molar-refractivity contribution is -0.120. The lowest BCUT2D eigenvalue weighted by Gasteiger charge is -2.10. The monoisotopic (exact) mass is 359 g/mol. The van der Waals surface area contributed by atoms with Crippen LogP contribution in [0.1, 0.15) is 18.4 Å². The van der Waals surface area contributed by atoms with Gasteiger partial charge in [-0.2, -0.15) is 4.98 Å². The maximum absolute atomic E-state index is 12.2. The van der Waals surface area contributed by atoms with Crippen molar-refractivity contribution in [2.45, 2.75) is 24.5 Å². The summed E-state index contributed by atoms with van der Waals surface area (Å²) in [5.74, 6) is 1.73. The van der Waals surface area contributed by atoms with Gasteiger partial charge in [0.25, 0.3) is 0 Å². The highest BCUT2D eigenvalue weighted by atomic mass is 32.2. The Bertz CT molecular complexity index is 772. The van der Waals surface area contributed by atoms with E-state index in [-0.39, 0.29) is 17.7 Å². The Morgan fingerprint density at radius 1 is 1.29 bits per heavy atom. The molecule has 0 radical (unpaired) electrons. The number of carbonyl (C=O) groups excluding carboxylic acids is 1. The SMILES string of the molecule is CC(SCc1ccccc1)C(=O)NCc1nc(-c2cccs2)no1. The molecular formula is C17H17N3O2S2. The molecule has 0 aliphatic carbocycles. The highest BCUT2D eigenvalue weighted by Crippen LogP contribution is 2.21. The van der Waals surface area contributed by atoms with Crippen molar-refractivity contribution < 1.29 is 9.32 Å². The third-order valence-electron chi connectivity index (χ3n) is 3.34. The fourth-order valence-electron chi connectivity index (χ4n) is 2.01. The van der Waals surface area contributed by atoms with Gasteiger partial charge in [0.1, 0.15) is 0 Å². The summed E-state index contributed by atoms with van der Waals surface area (Å²) < 4.78 is 5.17. The lowest BCUT2D eigenvalue weighted by Crippen LogP contribution is -2.30. The average Bonchev–Trinajstić information content (AvgIpc) is 3.29. The van der Waals surface area contributed by atoms with E-state index in [9.17, 15) is 4.79 Å². The number of amides is 1. The molecule has 1 N–H and O–H groups in total. The molecule has 1 amide bonds. The van der Waals surface area contributed by atoms with Crippen molar-refractivity contribution in [3.8, 4) is 10.7 Å². The van der Waals surface area contributed by atoms with Crippen LogP contribution >= 0.6 is 23.1 Å². The molecule has 0 aliphatic rings. The smallest absolute Gasteiger partial charge is 0.246 e. The van der Waals surface area contributed by atoms with Gasteiger partial charge in [-0.3, -0.25) is 4.79 Å². The second kappa shape index (κ2) is 8.12. The molecule has 7 heteroatoms. The molecule has 3 rings (SSSR count). The van der Waals surface area contributed by atoms with E-state index in [2.05, 4.69) is 27.6 Å². The lowest BCUT2D eigenvalue weighted by atomic mass is 10.2. The Morgan fingerprint density at radius 2 is 2.12 bits per heavy atom. The second-order valence-corrected chi connectivity index (χ2v) is 7.42. The molecule has 0 saturated heterocycles. The number of hydrogen-bond acceptors (Lipinski definition) is 6. The number of benzene rings is 1. The zero-order valence-corrected chi connectivity index (χ0v) is 14.8. The van der Waals surface area contributed by atoms with Gasteiger partial charge < -0.3 is 9.84 Å². The van der Waals surface area contributed by atoms with Crippen LogP contribution in [0.15, 0.2) is 52.4 Å². The third kappa shape index (κ3) is 4.46. The van der Waals surface area contributed by atoms with Crippen molar-refractivity contribution in [1.29, 1.82) is 0 Å². The predicted molar refractivity (Wildman–Crippen MR) is 96.7 cm³/mol. The standard InChI is InChI=1S/C17H17N3O2S2/c1-12(24-11-13-6-3-2-4-7-13)17(21)18-10-15-19-16(20-22-15)14-8-5-9-23-14/h2-9,12H,10-11H2,1H3,(H,18,21). The molecule has 5 nitrogen and oxygen atoms in total. The number of rotatable bonds is 7. The minimum atomic E-state index is -0.148. The average molecular weight is 359 g/mol. The van der Waals surface area contributed by atoms with Crippen molar-refractivity contribution in [1.82, 2.24) is 15.5 Å². The molecule has 1 aromatic carbocycles. The quantitative estimate of drug-likeness (QED) is 0.696. The Morgan fingerprint density at radius 3 is 2.88 bits per heavy atom. The molecule has 3 aromatic rings. The molecule has 0 fully saturated rings. The summed E-state index contributed by atoms with van der Waals surface area (Å²) in [6.45, 7) is 2.14. The number of aromatic nitrogens is 2. The van der Waals surface area contributed by atoms with Crippen LogP contribution in [-0.4, -0.2) is 21.3 Å². The van der Waals surface area contributed by atoms with Gasteiger partial charge in [-0.15, -0.1) is 23.1 Å². The van der Waals surface area contributed by atoms with Gasteiger partial charge in [-0.1, -0.05) is 41.6 Å². The Labute approximate surface area is 148 Å². The van der Waals surface area contributed by atoms with Gasteiger partial charge in [0.15, 0.2) is 0 Å². The minimum absolute atomic E-state index is 0.0354. The van der Waals surface area contributed by atoms with E-state index in [0.717, 1.165) is 10.6 Å². The summed E-state index contributed by atoms with van der Waals surface area (Å²) in [5, 5.41) is 8.58. The van der Waals surface area contributed by atoms with Gasteiger partial charge in [-0.05, 0) is 23.9 Å². The molecule has 0 aliphatic heterocycles. The number of nitrogens with one attached hydrogen (secondary N) is 1. The van der Waals surface area contributed by atoms with Crippen molar-refractivity contribution in [2.24, 2.45) is 0 Å². The van der Waals surface area contributed by atoms with Crippen LogP contribution in [0.5, 0.6) is 0 Å². The van der Waals surface area contributed by atoms with Gasteiger partial charge in [0.2, 0.25) is 17.6 Å². The molecule has 1 unspecified atom stereocenters. The minimum Gasteiger partial charge on any atom is -0.346 e. The van der Waals surface area contributed by atoms with Crippen LogP contribution in [0.3, 0.4) is 0 Å². The highest BCUT2D eigenvalue weighted by molar-refractivity contribution is 7.99. The van der Waals surface area contributed by atoms with E-state index in [1.807, 2.05) is 42.6 Å². The predicted octanol–water partition coefficient (Wildman–Crippen LogP) is 3.74. The summed E-state index contributed by atoms with van der Waals surface area (Å²) in [5.41, 5.74) is 1.21. The van der Waals surface area contributed by atoms with Gasteiger partial charge in [-0.25, -0.2) is 0 Å². The molecule has 0 spiro atoms. The van der Waals surface area contributed by atoms with E-state index >= 15 is 0 Å². The molecule has 2 aromatic heterocycles. The number of thiophene rings is 1. The summed E-state index contributed by atoms with van der Waals surface area (Å²) in [6.07, 6.45) is 0. The molecular weight excluding hydrogens is 342 g/mol. The van der Waals surface area contributed by atoms with Crippen molar-refractivity contribution >= 4 is 29.0 Å². The van der Waals surface area contributed by atoms with Crippen LogP contribution in [0.4, 0.5) is 0 Å². The van der Waals surface area contributed by atoms with E-state index in [4.69, 9.17) is 4.52 Å². The number of hydrogen-bond donors (Lipinski definition) is 1. The van der Waals surface area contributed by atoms with Crippen molar-refractivity contribution in [3.05, 3.63) is 59.3 Å². The fourth-order valence-corrected chi connectivity index (χ4v) is 3.53. The number of thioether (sulfide) groups is 1. The van der Waals surface area contributed by atoms with Crippen molar-refractivity contribution in [2.75, 3.05) is 0 Å². The van der Waals surface area contributed by atoms with E-state index in [1.165, 1.54) is 5.56 Å². The fraction of sp³-hybridized carbons (Fsp3) is 0.235. The maximum Gasteiger partial charge on any atom is 0.246 e. The van der Waals surface area contributed by atoms with E-state index in [1.54, 1.807) is 23.1 Å². The van der Waals surface area contributed by atoms with Crippen LogP contribution in [0.25, 0.3) is 10.7 Å². The molecule has 124 valence electrons. The largest absolute Gasteiger partial charge is 0.346 e. The summed E-state index contributed by atoms with van der Waals surface area (Å²) in [6, 6.07) is 14.0. The molecule has 2 heterocycles. The first kappa shape index (κ1) is 16.7. The number of nitrogens with zero attached hydrogens (tertiary/aromatic N) is 2. The van der Waals surface area contributed by atoms with Gasteiger partial charge in [0.05, 0.1) is 16.7 Å². The van der Waals surface area contributed by atoms with Crippen LogP contribution in [0, 0.1) is 0 Å². The Balaban J connectivity index is 1.46. The van der Waals surface area contributed by atoms with E-state index in [0.29, 0.717) is 11.7 Å². The zero-order valence-electron chi connectivity index (χ0n) is 13.1. The van der Waals surface area contributed by atoms with Crippen LogP contribution in [-0.2, 0) is 17.1 Å².